The second-order valence-corrected chi connectivity index (χ2v) is 10.3. The van der Waals surface area contributed by atoms with Gasteiger partial charge < -0.3 is 20.3 Å². The number of aliphatic hydroxyl groups excluding tert-OH is 1. The Balaban J connectivity index is 1.40. The average molecular weight is 513 g/mol. The predicted molar refractivity (Wildman–Crippen MR) is 148 cm³/mol. The van der Waals surface area contributed by atoms with Crippen LogP contribution < -0.4 is 5.73 Å². The third kappa shape index (κ3) is 5.95. The van der Waals surface area contributed by atoms with Crippen LogP contribution in [-0.4, -0.2) is 21.9 Å². The summed E-state index contributed by atoms with van der Waals surface area (Å²) < 4.78 is 13.2. The number of hydrogen-bond donors (Lipinski definition) is 2. The summed E-state index contributed by atoms with van der Waals surface area (Å²) in [6.07, 6.45) is 1.14. The predicted octanol–water partition coefficient (Wildman–Crippen LogP) is 6.28. The molecule has 4 aromatic rings. The molecule has 3 aromatic carbocycles. The summed E-state index contributed by atoms with van der Waals surface area (Å²) in [5, 5.41) is 10.5. The van der Waals surface area contributed by atoms with Crippen molar-refractivity contribution >= 4 is 11.8 Å². The topological polar surface area (TPSA) is 77.6 Å². The summed E-state index contributed by atoms with van der Waals surface area (Å²) in [6, 6.07) is 30.6. The van der Waals surface area contributed by atoms with Gasteiger partial charge >= 0.3 is 0 Å². The van der Waals surface area contributed by atoms with Crippen molar-refractivity contribution in [2.45, 2.75) is 43.6 Å². The fourth-order valence-electron chi connectivity index (χ4n) is 4.71. The minimum Gasteiger partial charge on any atom is -0.392 e. The molecule has 37 heavy (non-hydrogen) atoms. The molecule has 0 bridgehead atoms. The number of nitrogens with zero attached hydrogens (tertiary/aromatic N) is 1. The Labute approximate surface area is 222 Å². The van der Waals surface area contributed by atoms with Gasteiger partial charge in [-0.3, -0.25) is 0 Å². The highest BCUT2D eigenvalue weighted by Gasteiger charge is 2.38. The Bertz CT molecular complexity index is 1280. The van der Waals surface area contributed by atoms with Gasteiger partial charge in [0.25, 0.3) is 0 Å². The summed E-state index contributed by atoms with van der Waals surface area (Å²) in [5.74, 6) is 0.897. The van der Waals surface area contributed by atoms with E-state index in [-0.39, 0.29) is 24.7 Å². The second kappa shape index (κ2) is 12.0. The van der Waals surface area contributed by atoms with Gasteiger partial charge in [0.05, 0.1) is 23.8 Å². The van der Waals surface area contributed by atoms with Crippen LogP contribution >= 0.6 is 11.8 Å². The van der Waals surface area contributed by atoms with E-state index in [1.807, 2.05) is 60.8 Å². The zero-order valence-electron chi connectivity index (χ0n) is 20.9. The average Bonchev–Trinajstić information content (AvgIpc) is 2.97. The molecule has 0 saturated carbocycles. The van der Waals surface area contributed by atoms with Crippen molar-refractivity contribution in [3.8, 4) is 11.1 Å². The normalized spacial score (nSPS) is 21.6. The lowest BCUT2D eigenvalue weighted by molar-refractivity contribution is -0.268. The van der Waals surface area contributed by atoms with Gasteiger partial charge in [-0.1, -0.05) is 85.8 Å². The van der Waals surface area contributed by atoms with Crippen LogP contribution in [0.3, 0.4) is 0 Å². The molecule has 1 fully saturated rings. The maximum atomic E-state index is 9.47. The Morgan fingerprint density at radius 3 is 2.30 bits per heavy atom. The van der Waals surface area contributed by atoms with Crippen LogP contribution in [0.4, 0.5) is 0 Å². The molecule has 2 heterocycles. The van der Waals surface area contributed by atoms with Gasteiger partial charge in [-0.25, -0.2) is 4.98 Å². The molecule has 0 spiro atoms. The number of benzene rings is 3. The summed E-state index contributed by atoms with van der Waals surface area (Å²) in [6.45, 7) is 2.70. The zero-order chi connectivity index (χ0) is 25.6. The number of hydrogen-bond acceptors (Lipinski definition) is 6. The zero-order valence-corrected chi connectivity index (χ0v) is 21.7. The van der Waals surface area contributed by atoms with E-state index in [0.29, 0.717) is 6.54 Å². The molecule has 1 aliphatic rings. The van der Waals surface area contributed by atoms with E-state index >= 15 is 0 Å². The van der Waals surface area contributed by atoms with Crippen LogP contribution in [0.5, 0.6) is 0 Å². The molecule has 0 amide bonds. The fraction of sp³-hybridized carbons (Fsp3) is 0.258. The molecular weight excluding hydrogens is 480 g/mol. The lowest BCUT2D eigenvalue weighted by Crippen LogP contribution is -2.38. The van der Waals surface area contributed by atoms with E-state index in [4.69, 9.17) is 15.2 Å². The van der Waals surface area contributed by atoms with Gasteiger partial charge in [0.2, 0.25) is 0 Å². The van der Waals surface area contributed by atoms with E-state index in [0.717, 1.165) is 44.2 Å². The molecule has 1 aromatic heterocycles. The first-order chi connectivity index (χ1) is 18.2. The molecule has 6 heteroatoms. The third-order valence-corrected chi connectivity index (χ3v) is 7.92. The van der Waals surface area contributed by atoms with Crippen LogP contribution in [-0.2, 0) is 22.6 Å². The number of thioether (sulfide) groups is 1. The van der Waals surface area contributed by atoms with Crippen molar-refractivity contribution in [1.82, 2.24) is 4.98 Å². The monoisotopic (exact) mass is 512 g/mol. The molecule has 5 nitrogen and oxygen atoms in total. The van der Waals surface area contributed by atoms with Gasteiger partial charge in [-0.05, 0) is 39.9 Å². The molecule has 4 atom stereocenters. The molecule has 190 valence electrons. The van der Waals surface area contributed by atoms with E-state index in [9.17, 15) is 5.11 Å². The molecule has 0 radical (unpaired) electrons. The van der Waals surface area contributed by atoms with Crippen molar-refractivity contribution in [2.24, 2.45) is 11.7 Å². The van der Waals surface area contributed by atoms with Gasteiger partial charge in [0, 0.05) is 30.0 Å². The Kier molecular flexibility index (Phi) is 8.34. The second-order valence-electron chi connectivity index (χ2n) is 9.28. The van der Waals surface area contributed by atoms with Gasteiger partial charge in [-0.15, -0.1) is 11.8 Å². The highest BCUT2D eigenvalue weighted by atomic mass is 32.2. The fourth-order valence-corrected chi connectivity index (χ4v) is 5.74. The number of aromatic nitrogens is 1. The maximum Gasteiger partial charge on any atom is 0.184 e. The van der Waals surface area contributed by atoms with Crippen molar-refractivity contribution in [2.75, 3.05) is 5.75 Å². The lowest BCUT2D eigenvalue weighted by Gasteiger charge is -2.41. The van der Waals surface area contributed by atoms with Crippen molar-refractivity contribution in [3.05, 3.63) is 119 Å². The van der Waals surface area contributed by atoms with Gasteiger partial charge in [-0.2, -0.15) is 0 Å². The van der Waals surface area contributed by atoms with Gasteiger partial charge in [0.15, 0.2) is 6.29 Å². The Morgan fingerprint density at radius 2 is 1.59 bits per heavy atom. The number of ether oxygens (including phenoxy) is 2. The SMILES string of the molecule is C[C@@H]1[C@H](CSc2ccccn2)O[C@H](c2ccc(-c3ccccc3CN)cc2)O[C@@H]1c1ccc(CO)cc1. The maximum absolute atomic E-state index is 9.47. The minimum absolute atomic E-state index is 0.0239. The van der Waals surface area contributed by atoms with E-state index in [1.165, 1.54) is 0 Å². The highest BCUT2D eigenvalue weighted by molar-refractivity contribution is 7.99. The van der Waals surface area contributed by atoms with Crippen LogP contribution in [0.1, 0.15) is 41.6 Å². The number of rotatable bonds is 8. The van der Waals surface area contributed by atoms with Crippen LogP contribution in [0.25, 0.3) is 11.1 Å². The summed E-state index contributed by atoms with van der Waals surface area (Å²) in [5.41, 5.74) is 12.3. The van der Waals surface area contributed by atoms with Crippen LogP contribution in [0.15, 0.2) is 102 Å². The van der Waals surface area contributed by atoms with Gasteiger partial charge in [0.1, 0.15) is 0 Å². The van der Waals surface area contributed by atoms with E-state index in [2.05, 4.69) is 48.3 Å². The van der Waals surface area contributed by atoms with E-state index < -0.39 is 6.29 Å². The largest absolute Gasteiger partial charge is 0.392 e. The molecule has 0 aliphatic carbocycles. The summed E-state index contributed by atoms with van der Waals surface area (Å²) >= 11 is 1.70. The number of nitrogens with two attached hydrogens (primary N) is 1. The first-order valence-electron chi connectivity index (χ1n) is 12.6. The lowest BCUT2D eigenvalue weighted by atomic mass is 9.91. The smallest absolute Gasteiger partial charge is 0.184 e. The standard InChI is InChI=1S/C31H32N2O3S/c1-21-28(20-37-29-8-4-5-17-33-29)35-31(36-30(21)24-11-9-22(19-34)10-12-24)25-15-13-23(14-16-25)27-7-3-2-6-26(27)18-32/h2-17,21,28,30-31,34H,18-20,32H2,1H3/t21-,28+,30+,31+/m1/s1. The van der Waals surface area contributed by atoms with E-state index in [1.54, 1.807) is 11.8 Å². The first-order valence-corrected chi connectivity index (χ1v) is 13.6. The molecule has 1 aliphatic heterocycles. The summed E-state index contributed by atoms with van der Waals surface area (Å²) in [7, 11) is 0. The Hall–Kier alpha value is -3.00. The molecule has 3 N–H and O–H groups in total. The molecule has 1 saturated heterocycles. The van der Waals surface area contributed by atoms with Crippen molar-refractivity contribution in [3.63, 3.8) is 0 Å². The highest BCUT2D eigenvalue weighted by Crippen LogP contribution is 2.43. The number of pyridine rings is 1. The molecular formula is C31H32N2O3S. The van der Waals surface area contributed by atoms with Crippen molar-refractivity contribution in [1.29, 1.82) is 0 Å². The molecule has 0 unspecified atom stereocenters. The first kappa shape index (κ1) is 25.6. The molecule has 5 rings (SSSR count). The third-order valence-electron chi connectivity index (χ3n) is 6.89. The van der Waals surface area contributed by atoms with Crippen molar-refractivity contribution < 1.29 is 14.6 Å². The van der Waals surface area contributed by atoms with Crippen LogP contribution in [0.2, 0.25) is 0 Å². The summed E-state index contributed by atoms with van der Waals surface area (Å²) in [4.78, 5) is 4.46. The minimum atomic E-state index is -0.494. The quantitative estimate of drug-likeness (QED) is 0.271. The number of aliphatic hydroxyl groups is 1. The van der Waals surface area contributed by atoms with Crippen LogP contribution in [0, 0.1) is 5.92 Å². The Morgan fingerprint density at radius 1 is 0.865 bits per heavy atom.